The van der Waals surface area contributed by atoms with Gasteiger partial charge in [0.25, 0.3) is 5.56 Å². The third-order valence-corrected chi connectivity index (χ3v) is 5.67. The lowest BCUT2D eigenvalue weighted by Crippen LogP contribution is -2.22. The molecule has 0 amide bonds. The summed E-state index contributed by atoms with van der Waals surface area (Å²) in [4.78, 5) is 18.1. The molecule has 0 fully saturated rings. The molecule has 0 radical (unpaired) electrons. The van der Waals surface area contributed by atoms with E-state index < -0.39 is 0 Å². The van der Waals surface area contributed by atoms with Gasteiger partial charge >= 0.3 is 0 Å². The number of halogens is 1. The third-order valence-electron chi connectivity index (χ3n) is 4.01. The predicted octanol–water partition coefficient (Wildman–Crippen LogP) is 3.63. The van der Waals surface area contributed by atoms with E-state index in [9.17, 15) is 4.79 Å². The first-order valence-electron chi connectivity index (χ1n) is 8.04. The summed E-state index contributed by atoms with van der Waals surface area (Å²) in [5, 5.41) is 0. The maximum absolute atomic E-state index is 12.9. The van der Waals surface area contributed by atoms with Crippen LogP contribution in [0.15, 0.2) is 45.7 Å². The summed E-state index contributed by atoms with van der Waals surface area (Å²) in [6.45, 7) is 2.47. The molecule has 0 aliphatic rings. The van der Waals surface area contributed by atoms with E-state index >= 15 is 0 Å². The van der Waals surface area contributed by atoms with Gasteiger partial charge in [-0.3, -0.25) is 4.79 Å². The smallest absolute Gasteiger partial charge is 0.274 e. The molecular weight excluding hydrogens is 416 g/mol. The number of para-hydroxylation sites is 2. The Morgan fingerprint density at radius 1 is 1.27 bits per heavy atom. The summed E-state index contributed by atoms with van der Waals surface area (Å²) in [5.41, 5.74) is 2.42. The number of rotatable bonds is 4. The molecule has 0 unspecified atom stereocenters. The Balaban J connectivity index is 1.91. The summed E-state index contributed by atoms with van der Waals surface area (Å²) in [7, 11) is 1.60. The predicted molar refractivity (Wildman–Crippen MR) is 107 cm³/mol. The first-order valence-corrected chi connectivity index (χ1v) is 9.65. The zero-order valence-electron chi connectivity index (χ0n) is 14.2. The van der Waals surface area contributed by atoms with Crippen molar-refractivity contribution in [2.75, 3.05) is 13.7 Å². The molecule has 7 heteroatoms. The highest BCUT2D eigenvalue weighted by molar-refractivity contribution is 9.10. The van der Waals surface area contributed by atoms with E-state index in [4.69, 9.17) is 9.47 Å². The van der Waals surface area contributed by atoms with Gasteiger partial charge in [-0.2, -0.15) is 0 Å². The number of ether oxygens (including phenoxy) is 2. The number of hydrogen-bond acceptors (Lipinski definition) is 5. The van der Waals surface area contributed by atoms with Crippen LogP contribution in [0.4, 0.5) is 0 Å². The van der Waals surface area contributed by atoms with Gasteiger partial charge in [-0.05, 0) is 42.8 Å². The summed E-state index contributed by atoms with van der Waals surface area (Å²) in [5.74, 6) is 1.29. The van der Waals surface area contributed by atoms with Gasteiger partial charge in [0.1, 0.15) is 0 Å². The quantitative estimate of drug-likeness (QED) is 0.495. The van der Waals surface area contributed by atoms with Gasteiger partial charge in [0.15, 0.2) is 16.5 Å². The first-order chi connectivity index (χ1) is 12.6. The van der Waals surface area contributed by atoms with Crippen LogP contribution in [0.1, 0.15) is 12.5 Å². The van der Waals surface area contributed by atoms with Crippen LogP contribution in [0.5, 0.6) is 11.5 Å². The Hall–Kier alpha value is -2.38. The van der Waals surface area contributed by atoms with E-state index in [1.165, 1.54) is 11.3 Å². The lowest BCUT2D eigenvalue weighted by molar-refractivity contribution is 0.310. The van der Waals surface area contributed by atoms with Crippen molar-refractivity contribution in [3.63, 3.8) is 0 Å². The number of aromatic nitrogens is 2. The number of imidazole rings is 1. The molecule has 0 aliphatic carbocycles. The van der Waals surface area contributed by atoms with Crippen molar-refractivity contribution < 1.29 is 9.47 Å². The zero-order chi connectivity index (χ0) is 18.3. The minimum absolute atomic E-state index is 0.0709. The van der Waals surface area contributed by atoms with Crippen LogP contribution in [-0.2, 0) is 0 Å². The minimum Gasteiger partial charge on any atom is -0.493 e. The zero-order valence-corrected chi connectivity index (χ0v) is 16.6. The van der Waals surface area contributed by atoms with Gasteiger partial charge in [-0.1, -0.05) is 39.4 Å². The Morgan fingerprint density at radius 2 is 2.08 bits per heavy atom. The molecule has 4 rings (SSSR count). The molecule has 2 aromatic heterocycles. The van der Waals surface area contributed by atoms with Crippen LogP contribution >= 0.6 is 27.3 Å². The highest BCUT2D eigenvalue weighted by Gasteiger charge is 2.12. The Bertz CT molecular complexity index is 1230. The molecule has 26 heavy (non-hydrogen) atoms. The van der Waals surface area contributed by atoms with Crippen molar-refractivity contribution >= 4 is 49.3 Å². The Morgan fingerprint density at radius 3 is 2.85 bits per heavy atom. The van der Waals surface area contributed by atoms with E-state index in [-0.39, 0.29) is 5.56 Å². The number of thiazole rings is 1. The molecule has 2 aromatic carbocycles. The van der Waals surface area contributed by atoms with Gasteiger partial charge in [0, 0.05) is 4.47 Å². The van der Waals surface area contributed by atoms with Gasteiger partial charge in [-0.25, -0.2) is 9.38 Å². The maximum atomic E-state index is 12.9. The molecule has 132 valence electrons. The van der Waals surface area contributed by atoms with Crippen LogP contribution in [-0.4, -0.2) is 23.1 Å². The van der Waals surface area contributed by atoms with E-state index in [1.54, 1.807) is 11.5 Å². The van der Waals surface area contributed by atoms with Gasteiger partial charge in [-0.15, -0.1) is 0 Å². The van der Waals surface area contributed by atoms with Crippen molar-refractivity contribution in [2.24, 2.45) is 0 Å². The largest absolute Gasteiger partial charge is 0.493 e. The van der Waals surface area contributed by atoms with Gasteiger partial charge in [0.2, 0.25) is 0 Å². The van der Waals surface area contributed by atoms with E-state index in [1.807, 2.05) is 49.4 Å². The number of methoxy groups -OCH3 is 1. The SMILES string of the molecule is CCOc1cc(Br)c(/C=c2/sc3nc4ccccc4n3c2=O)cc1OC. The van der Waals surface area contributed by atoms with Crippen molar-refractivity contribution in [3.05, 3.63) is 61.3 Å². The average molecular weight is 431 g/mol. The molecule has 4 aromatic rings. The fraction of sp³-hybridized carbons (Fsp3) is 0.158. The van der Waals surface area contributed by atoms with Gasteiger partial charge in [0.05, 0.1) is 29.3 Å². The molecule has 0 bridgehead atoms. The summed E-state index contributed by atoms with van der Waals surface area (Å²) in [6, 6.07) is 11.3. The molecule has 0 aliphatic heterocycles. The fourth-order valence-corrected chi connectivity index (χ4v) is 4.26. The number of nitrogens with zero attached hydrogens (tertiary/aromatic N) is 2. The van der Waals surface area contributed by atoms with E-state index in [2.05, 4.69) is 20.9 Å². The lowest BCUT2D eigenvalue weighted by atomic mass is 10.2. The molecule has 0 N–H and O–H groups in total. The van der Waals surface area contributed by atoms with Crippen LogP contribution < -0.4 is 19.6 Å². The van der Waals surface area contributed by atoms with E-state index in [0.717, 1.165) is 21.1 Å². The van der Waals surface area contributed by atoms with Crippen LogP contribution in [0.3, 0.4) is 0 Å². The summed E-state index contributed by atoms with van der Waals surface area (Å²) in [6.07, 6.45) is 1.85. The lowest BCUT2D eigenvalue weighted by Gasteiger charge is -2.11. The molecule has 5 nitrogen and oxygen atoms in total. The van der Waals surface area contributed by atoms with Crippen molar-refractivity contribution in [3.8, 4) is 11.5 Å². The maximum Gasteiger partial charge on any atom is 0.274 e. The molecule has 0 atom stereocenters. The highest BCUT2D eigenvalue weighted by Crippen LogP contribution is 2.34. The fourth-order valence-electron chi connectivity index (χ4n) is 2.84. The number of benzene rings is 2. The topological polar surface area (TPSA) is 52.8 Å². The van der Waals surface area contributed by atoms with Gasteiger partial charge < -0.3 is 9.47 Å². The second kappa shape index (κ2) is 6.74. The van der Waals surface area contributed by atoms with Crippen molar-refractivity contribution in [1.29, 1.82) is 0 Å². The standard InChI is InChI=1S/C19H15BrN2O3S/c1-3-25-16-10-12(20)11(8-15(16)24-2)9-17-18(23)22-14-7-5-4-6-13(14)21-19(22)26-17/h4-10H,3H2,1-2H3/b17-9+. The first kappa shape index (κ1) is 17.1. The molecule has 2 heterocycles. The van der Waals surface area contributed by atoms with Crippen LogP contribution in [0, 0.1) is 0 Å². The third kappa shape index (κ3) is 2.77. The minimum atomic E-state index is -0.0709. The summed E-state index contributed by atoms with van der Waals surface area (Å²) < 4.78 is 14.1. The van der Waals surface area contributed by atoms with Crippen LogP contribution in [0.25, 0.3) is 22.1 Å². The summed E-state index contributed by atoms with van der Waals surface area (Å²) >= 11 is 4.92. The number of fused-ring (bicyclic) bond motifs is 3. The van der Waals surface area contributed by atoms with Crippen molar-refractivity contribution in [2.45, 2.75) is 6.92 Å². The second-order valence-electron chi connectivity index (χ2n) is 5.59. The monoisotopic (exact) mass is 430 g/mol. The van der Waals surface area contributed by atoms with Crippen LogP contribution in [0.2, 0.25) is 0 Å². The number of hydrogen-bond donors (Lipinski definition) is 0. The molecular formula is C19H15BrN2O3S. The van der Waals surface area contributed by atoms with Crippen molar-refractivity contribution in [1.82, 2.24) is 9.38 Å². The molecule has 0 saturated heterocycles. The Labute approximate surface area is 161 Å². The van der Waals surface area contributed by atoms with E-state index in [0.29, 0.717) is 27.6 Å². The average Bonchev–Trinajstić information content (AvgIpc) is 3.14. The second-order valence-corrected chi connectivity index (χ2v) is 7.46. The molecule has 0 saturated carbocycles. The molecule has 0 spiro atoms. The normalized spacial score (nSPS) is 12.2. The Kier molecular flexibility index (Phi) is 4.42. The highest BCUT2D eigenvalue weighted by atomic mass is 79.9.